The predicted molar refractivity (Wildman–Crippen MR) is 173 cm³/mol. The predicted octanol–water partition coefficient (Wildman–Crippen LogP) is 7.06. The average molecular weight is 645 g/mol. The molecule has 43 heavy (non-hydrogen) atoms. The Bertz CT molecular complexity index is 1540. The number of benzene rings is 3. The molecule has 1 aliphatic rings. The van der Waals surface area contributed by atoms with Gasteiger partial charge in [-0.05, 0) is 74.6 Å². The van der Waals surface area contributed by atoms with Crippen LogP contribution in [0, 0.1) is 13.8 Å². The maximum absolute atomic E-state index is 14.3. The van der Waals surface area contributed by atoms with Crippen molar-refractivity contribution in [3.05, 3.63) is 93.5 Å². The molecule has 0 unspecified atom stereocenters. The second kappa shape index (κ2) is 14.6. The molecule has 1 fully saturated rings. The Hall–Kier alpha value is -3.07. The van der Waals surface area contributed by atoms with Gasteiger partial charge in [-0.1, -0.05) is 91.3 Å². The minimum absolute atomic E-state index is 0.0438. The molecule has 4 rings (SSSR count). The van der Waals surface area contributed by atoms with E-state index in [1.165, 1.54) is 17.0 Å². The number of hydrogen-bond donors (Lipinski definition) is 1. The lowest BCUT2D eigenvalue weighted by molar-refractivity contribution is -0.140. The SMILES string of the molecule is CC[C@H](C(=O)NC1CCCCC1)N(Cc1ccccc1Cl)C(=O)CN(c1ccc(C)c(Cl)c1)S(=O)(=O)c1ccc(C)cc1. The first-order valence-corrected chi connectivity index (χ1v) is 16.9. The third kappa shape index (κ3) is 8.11. The number of rotatable bonds is 11. The Kier molecular flexibility index (Phi) is 11.2. The molecule has 0 aromatic heterocycles. The molecule has 1 N–H and O–H groups in total. The summed E-state index contributed by atoms with van der Waals surface area (Å²) in [5, 5.41) is 3.98. The van der Waals surface area contributed by atoms with E-state index in [0.29, 0.717) is 22.0 Å². The third-order valence-corrected chi connectivity index (χ3v) is 10.5. The van der Waals surface area contributed by atoms with Gasteiger partial charge in [-0.3, -0.25) is 13.9 Å². The molecule has 0 radical (unpaired) electrons. The molecule has 2 amide bonds. The molecule has 1 saturated carbocycles. The summed E-state index contributed by atoms with van der Waals surface area (Å²) >= 11 is 12.9. The Morgan fingerprint density at radius 1 is 0.930 bits per heavy atom. The summed E-state index contributed by atoms with van der Waals surface area (Å²) in [5.41, 5.74) is 2.59. The normalized spacial score (nSPS) is 14.6. The zero-order valence-corrected chi connectivity index (χ0v) is 27.2. The summed E-state index contributed by atoms with van der Waals surface area (Å²) < 4.78 is 29.2. The van der Waals surface area contributed by atoms with Gasteiger partial charge >= 0.3 is 0 Å². The van der Waals surface area contributed by atoms with E-state index >= 15 is 0 Å². The van der Waals surface area contributed by atoms with Crippen LogP contribution in [0.5, 0.6) is 0 Å². The van der Waals surface area contributed by atoms with E-state index in [1.54, 1.807) is 48.5 Å². The first-order chi connectivity index (χ1) is 20.5. The lowest BCUT2D eigenvalue weighted by atomic mass is 9.95. The second-order valence-corrected chi connectivity index (χ2v) is 13.8. The molecule has 3 aromatic rings. The molecule has 0 bridgehead atoms. The van der Waals surface area contributed by atoms with Gasteiger partial charge in [0.1, 0.15) is 12.6 Å². The van der Waals surface area contributed by atoms with Gasteiger partial charge < -0.3 is 10.2 Å². The van der Waals surface area contributed by atoms with E-state index < -0.39 is 28.5 Å². The van der Waals surface area contributed by atoms with E-state index in [2.05, 4.69) is 5.32 Å². The molecular weight excluding hydrogens is 605 g/mol. The minimum atomic E-state index is -4.18. The number of halogens is 2. The van der Waals surface area contributed by atoms with Crippen molar-refractivity contribution < 1.29 is 18.0 Å². The number of nitrogens with one attached hydrogen (secondary N) is 1. The fraction of sp³-hybridized carbons (Fsp3) is 0.394. The monoisotopic (exact) mass is 643 g/mol. The molecule has 0 heterocycles. The number of carbonyl (C=O) groups excluding carboxylic acids is 2. The van der Waals surface area contributed by atoms with E-state index in [4.69, 9.17) is 23.2 Å². The van der Waals surface area contributed by atoms with Crippen LogP contribution < -0.4 is 9.62 Å². The molecule has 0 saturated heterocycles. The fourth-order valence-electron chi connectivity index (χ4n) is 5.38. The van der Waals surface area contributed by atoms with E-state index in [9.17, 15) is 18.0 Å². The average Bonchev–Trinajstić information content (AvgIpc) is 2.98. The van der Waals surface area contributed by atoms with Crippen LogP contribution >= 0.6 is 23.2 Å². The van der Waals surface area contributed by atoms with Crippen molar-refractivity contribution >= 4 is 50.7 Å². The lowest BCUT2D eigenvalue weighted by Gasteiger charge is -2.34. The number of carbonyl (C=O) groups is 2. The highest BCUT2D eigenvalue weighted by atomic mass is 35.5. The van der Waals surface area contributed by atoms with Crippen LogP contribution in [0.25, 0.3) is 0 Å². The van der Waals surface area contributed by atoms with Gasteiger partial charge in [0.2, 0.25) is 11.8 Å². The van der Waals surface area contributed by atoms with Crippen LogP contribution in [0.3, 0.4) is 0 Å². The second-order valence-electron chi connectivity index (χ2n) is 11.1. The molecule has 230 valence electrons. The number of hydrogen-bond acceptors (Lipinski definition) is 4. The van der Waals surface area contributed by atoms with Crippen LogP contribution in [0.4, 0.5) is 5.69 Å². The standard InChI is InChI=1S/C33H39Cl2N3O4S/c1-4-31(33(40)36-26-11-6-5-7-12-26)37(21-25-10-8-9-13-29(25)34)32(39)22-38(27-17-16-24(3)30(35)20-27)43(41,42)28-18-14-23(2)15-19-28/h8-10,13-20,26,31H,4-7,11-12,21-22H2,1-3H3,(H,36,40)/t31-/m1/s1. The summed E-state index contributed by atoms with van der Waals surface area (Å²) in [6.45, 7) is 5.04. The Morgan fingerprint density at radius 3 is 2.23 bits per heavy atom. The smallest absolute Gasteiger partial charge is 0.264 e. The van der Waals surface area contributed by atoms with Crippen molar-refractivity contribution in [1.29, 1.82) is 0 Å². The quantitative estimate of drug-likeness (QED) is 0.242. The van der Waals surface area contributed by atoms with Crippen molar-refractivity contribution in [2.24, 2.45) is 0 Å². The molecule has 1 aliphatic carbocycles. The number of amides is 2. The van der Waals surface area contributed by atoms with Crippen LogP contribution in [0.2, 0.25) is 10.0 Å². The first kappa shape index (κ1) is 32.8. The molecule has 0 spiro atoms. The van der Waals surface area contributed by atoms with Crippen LogP contribution in [0.15, 0.2) is 71.6 Å². The third-order valence-electron chi connectivity index (χ3n) is 7.97. The van der Waals surface area contributed by atoms with Crippen LogP contribution in [-0.2, 0) is 26.2 Å². The minimum Gasteiger partial charge on any atom is -0.352 e. The van der Waals surface area contributed by atoms with Crippen molar-refractivity contribution in [3.8, 4) is 0 Å². The summed E-state index contributed by atoms with van der Waals surface area (Å²) in [5.74, 6) is -0.779. The van der Waals surface area contributed by atoms with Gasteiger partial charge in [-0.15, -0.1) is 0 Å². The van der Waals surface area contributed by atoms with Gasteiger partial charge in [0.15, 0.2) is 0 Å². The Labute approximate surface area is 265 Å². The van der Waals surface area contributed by atoms with Gasteiger partial charge in [0.25, 0.3) is 10.0 Å². The largest absolute Gasteiger partial charge is 0.352 e. The topological polar surface area (TPSA) is 86.8 Å². The van der Waals surface area contributed by atoms with E-state index in [-0.39, 0.29) is 29.1 Å². The maximum Gasteiger partial charge on any atom is 0.264 e. The number of sulfonamides is 1. The molecule has 1 atom stereocenters. The van der Waals surface area contributed by atoms with Gasteiger partial charge in [0.05, 0.1) is 10.6 Å². The van der Waals surface area contributed by atoms with Crippen molar-refractivity contribution in [2.75, 3.05) is 10.8 Å². The molecule has 7 nitrogen and oxygen atoms in total. The zero-order chi connectivity index (χ0) is 31.1. The van der Waals surface area contributed by atoms with Crippen LogP contribution in [0.1, 0.15) is 62.1 Å². The number of nitrogens with zero attached hydrogens (tertiary/aromatic N) is 2. The summed E-state index contributed by atoms with van der Waals surface area (Å²) in [4.78, 5) is 29.4. The highest BCUT2D eigenvalue weighted by molar-refractivity contribution is 7.92. The van der Waals surface area contributed by atoms with Gasteiger partial charge in [0, 0.05) is 22.6 Å². The lowest BCUT2D eigenvalue weighted by Crippen LogP contribution is -2.54. The summed E-state index contributed by atoms with van der Waals surface area (Å²) in [7, 11) is -4.18. The Balaban J connectivity index is 1.73. The van der Waals surface area contributed by atoms with Crippen molar-refractivity contribution in [3.63, 3.8) is 0 Å². The van der Waals surface area contributed by atoms with E-state index in [1.807, 2.05) is 26.8 Å². The number of anilines is 1. The summed E-state index contributed by atoms with van der Waals surface area (Å²) in [6.07, 6.45) is 5.39. The first-order valence-electron chi connectivity index (χ1n) is 14.7. The fourth-order valence-corrected chi connectivity index (χ4v) is 7.15. The molecular formula is C33H39Cl2N3O4S. The zero-order valence-electron chi connectivity index (χ0n) is 24.9. The Morgan fingerprint density at radius 2 is 1.60 bits per heavy atom. The number of aryl methyl sites for hydroxylation is 2. The van der Waals surface area contributed by atoms with E-state index in [0.717, 1.165) is 47.5 Å². The highest BCUT2D eigenvalue weighted by Gasteiger charge is 2.34. The maximum atomic E-state index is 14.3. The van der Waals surface area contributed by atoms with Gasteiger partial charge in [-0.2, -0.15) is 0 Å². The molecule has 0 aliphatic heterocycles. The van der Waals surface area contributed by atoms with Crippen LogP contribution in [-0.4, -0.2) is 43.8 Å². The van der Waals surface area contributed by atoms with Crippen molar-refractivity contribution in [1.82, 2.24) is 10.2 Å². The molecule has 3 aromatic carbocycles. The summed E-state index contributed by atoms with van der Waals surface area (Å²) in [6, 6.07) is 17.7. The molecule has 10 heteroatoms. The highest BCUT2D eigenvalue weighted by Crippen LogP contribution is 2.29. The van der Waals surface area contributed by atoms with Gasteiger partial charge in [-0.25, -0.2) is 8.42 Å². The van der Waals surface area contributed by atoms with Crippen molar-refractivity contribution in [2.45, 2.75) is 82.8 Å².